The van der Waals surface area contributed by atoms with Crippen molar-refractivity contribution in [3.63, 3.8) is 0 Å². The quantitative estimate of drug-likeness (QED) is 0.837. The molecule has 1 aromatic heterocycles. The maximum Gasteiger partial charge on any atom is 0.0410 e. The molecule has 1 heterocycles. The van der Waals surface area contributed by atoms with Gasteiger partial charge in [0.2, 0.25) is 0 Å². The summed E-state index contributed by atoms with van der Waals surface area (Å²) in [7, 11) is 0. The molecular weight excluding hydrogens is 216 g/mol. The molecule has 0 aliphatic heterocycles. The lowest BCUT2D eigenvalue weighted by Crippen LogP contribution is -2.19. The zero-order valence-electron chi connectivity index (χ0n) is 6.76. The van der Waals surface area contributed by atoms with E-state index in [0.717, 1.165) is 11.0 Å². The van der Waals surface area contributed by atoms with E-state index in [0.29, 0.717) is 0 Å². The fourth-order valence-corrected chi connectivity index (χ4v) is 1.83. The van der Waals surface area contributed by atoms with Crippen molar-refractivity contribution in [3.05, 3.63) is 28.5 Å². The SMILES string of the molecule is NCC1(c2cncc(Br)c2)CC1. The number of aromatic nitrogens is 1. The van der Waals surface area contributed by atoms with Crippen LogP contribution < -0.4 is 5.73 Å². The van der Waals surface area contributed by atoms with Crippen LogP contribution in [0.25, 0.3) is 0 Å². The molecule has 64 valence electrons. The van der Waals surface area contributed by atoms with Crippen LogP contribution in [0.1, 0.15) is 18.4 Å². The number of rotatable bonds is 2. The molecule has 1 aliphatic carbocycles. The molecule has 0 spiro atoms. The van der Waals surface area contributed by atoms with Gasteiger partial charge < -0.3 is 5.73 Å². The van der Waals surface area contributed by atoms with Crippen LogP contribution in [0.15, 0.2) is 22.9 Å². The summed E-state index contributed by atoms with van der Waals surface area (Å²) in [5, 5.41) is 0. The molecule has 0 aromatic carbocycles. The molecule has 0 amide bonds. The van der Waals surface area contributed by atoms with Crippen molar-refractivity contribution in [3.8, 4) is 0 Å². The third-order valence-electron chi connectivity index (χ3n) is 2.56. The Bertz CT molecular complexity index is 294. The van der Waals surface area contributed by atoms with Crippen molar-refractivity contribution in [2.75, 3.05) is 6.54 Å². The molecule has 2 rings (SSSR count). The van der Waals surface area contributed by atoms with Crippen LogP contribution in [0.3, 0.4) is 0 Å². The van der Waals surface area contributed by atoms with Crippen LogP contribution in [0.2, 0.25) is 0 Å². The third kappa shape index (κ3) is 1.27. The van der Waals surface area contributed by atoms with Crippen molar-refractivity contribution in [2.24, 2.45) is 5.73 Å². The molecular formula is C9H11BrN2. The van der Waals surface area contributed by atoms with E-state index < -0.39 is 0 Å². The Morgan fingerprint density at radius 2 is 2.25 bits per heavy atom. The lowest BCUT2D eigenvalue weighted by molar-refractivity contribution is 0.700. The maximum absolute atomic E-state index is 5.71. The van der Waals surface area contributed by atoms with Gasteiger partial charge in [0.25, 0.3) is 0 Å². The number of hydrogen-bond acceptors (Lipinski definition) is 2. The van der Waals surface area contributed by atoms with E-state index in [9.17, 15) is 0 Å². The zero-order valence-corrected chi connectivity index (χ0v) is 8.34. The topological polar surface area (TPSA) is 38.9 Å². The summed E-state index contributed by atoms with van der Waals surface area (Å²) >= 11 is 3.41. The van der Waals surface area contributed by atoms with Crippen molar-refractivity contribution in [2.45, 2.75) is 18.3 Å². The van der Waals surface area contributed by atoms with E-state index in [4.69, 9.17) is 5.73 Å². The predicted octanol–water partition coefficient (Wildman–Crippen LogP) is 1.83. The van der Waals surface area contributed by atoms with Gasteiger partial charge in [0.1, 0.15) is 0 Å². The van der Waals surface area contributed by atoms with Gasteiger partial charge in [-0.2, -0.15) is 0 Å². The van der Waals surface area contributed by atoms with E-state index in [1.807, 2.05) is 6.20 Å². The van der Waals surface area contributed by atoms with Gasteiger partial charge in [0.05, 0.1) is 0 Å². The van der Waals surface area contributed by atoms with Gasteiger partial charge >= 0.3 is 0 Å². The smallest absolute Gasteiger partial charge is 0.0410 e. The predicted molar refractivity (Wildman–Crippen MR) is 51.9 cm³/mol. The van der Waals surface area contributed by atoms with Gasteiger partial charge in [-0.15, -0.1) is 0 Å². The van der Waals surface area contributed by atoms with Gasteiger partial charge in [-0.3, -0.25) is 4.98 Å². The first kappa shape index (κ1) is 8.20. The highest BCUT2D eigenvalue weighted by Crippen LogP contribution is 2.47. The van der Waals surface area contributed by atoms with Crippen molar-refractivity contribution in [1.82, 2.24) is 4.98 Å². The Morgan fingerprint density at radius 3 is 2.75 bits per heavy atom. The Labute approximate surface area is 80.3 Å². The van der Waals surface area contributed by atoms with Gasteiger partial charge in [0, 0.05) is 28.8 Å². The number of nitrogens with two attached hydrogens (primary N) is 1. The van der Waals surface area contributed by atoms with E-state index in [2.05, 4.69) is 27.0 Å². The van der Waals surface area contributed by atoms with Crippen LogP contribution in [0, 0.1) is 0 Å². The fourth-order valence-electron chi connectivity index (χ4n) is 1.46. The summed E-state index contributed by atoms with van der Waals surface area (Å²) in [5.74, 6) is 0. The summed E-state index contributed by atoms with van der Waals surface area (Å²) in [4.78, 5) is 4.14. The largest absolute Gasteiger partial charge is 0.330 e. The highest BCUT2D eigenvalue weighted by Gasteiger charge is 2.43. The molecule has 0 radical (unpaired) electrons. The van der Waals surface area contributed by atoms with Crippen molar-refractivity contribution < 1.29 is 0 Å². The van der Waals surface area contributed by atoms with Crippen molar-refractivity contribution in [1.29, 1.82) is 0 Å². The highest BCUT2D eigenvalue weighted by atomic mass is 79.9. The summed E-state index contributed by atoms with van der Waals surface area (Å²) in [6.07, 6.45) is 6.14. The molecule has 0 saturated heterocycles. The zero-order chi connectivity index (χ0) is 8.60. The number of pyridine rings is 1. The van der Waals surface area contributed by atoms with Crippen LogP contribution in [0.4, 0.5) is 0 Å². The molecule has 1 fully saturated rings. The van der Waals surface area contributed by atoms with Crippen LogP contribution in [-0.4, -0.2) is 11.5 Å². The highest BCUT2D eigenvalue weighted by molar-refractivity contribution is 9.10. The van der Waals surface area contributed by atoms with Crippen molar-refractivity contribution >= 4 is 15.9 Å². The van der Waals surface area contributed by atoms with E-state index in [1.54, 1.807) is 6.20 Å². The monoisotopic (exact) mass is 226 g/mol. The Morgan fingerprint density at radius 1 is 1.50 bits per heavy atom. The first-order chi connectivity index (χ1) is 5.77. The number of hydrogen-bond donors (Lipinski definition) is 1. The summed E-state index contributed by atoms with van der Waals surface area (Å²) < 4.78 is 1.04. The van der Waals surface area contributed by atoms with E-state index >= 15 is 0 Å². The fraction of sp³-hybridized carbons (Fsp3) is 0.444. The lowest BCUT2D eigenvalue weighted by atomic mass is 9.98. The summed E-state index contributed by atoms with van der Waals surface area (Å²) in [6.45, 7) is 0.741. The molecule has 0 atom stereocenters. The van der Waals surface area contributed by atoms with Crippen LogP contribution in [0.5, 0.6) is 0 Å². The Kier molecular flexibility index (Phi) is 1.93. The minimum absolute atomic E-state index is 0.261. The minimum Gasteiger partial charge on any atom is -0.330 e. The molecule has 1 aliphatic rings. The Balaban J connectivity index is 2.34. The molecule has 1 saturated carbocycles. The second-order valence-corrected chi connectivity index (χ2v) is 4.29. The minimum atomic E-state index is 0.261. The second-order valence-electron chi connectivity index (χ2n) is 3.38. The molecule has 0 bridgehead atoms. The molecule has 12 heavy (non-hydrogen) atoms. The van der Waals surface area contributed by atoms with E-state index in [-0.39, 0.29) is 5.41 Å². The standard InChI is InChI=1S/C9H11BrN2/c10-8-3-7(4-12-5-8)9(6-11)1-2-9/h3-5H,1-2,6,11H2. The average Bonchev–Trinajstić information content (AvgIpc) is 2.84. The molecule has 2 nitrogen and oxygen atoms in total. The summed E-state index contributed by atoms with van der Waals surface area (Å²) in [5.41, 5.74) is 7.25. The number of halogens is 1. The molecule has 2 N–H and O–H groups in total. The molecule has 0 unspecified atom stereocenters. The first-order valence-corrected chi connectivity index (χ1v) is 4.87. The van der Waals surface area contributed by atoms with Crippen LogP contribution in [-0.2, 0) is 5.41 Å². The number of nitrogens with zero attached hydrogens (tertiary/aromatic N) is 1. The van der Waals surface area contributed by atoms with Crippen LogP contribution >= 0.6 is 15.9 Å². The van der Waals surface area contributed by atoms with Gasteiger partial charge in [-0.1, -0.05) is 0 Å². The first-order valence-electron chi connectivity index (χ1n) is 4.08. The van der Waals surface area contributed by atoms with Gasteiger partial charge in [0.15, 0.2) is 0 Å². The van der Waals surface area contributed by atoms with E-state index in [1.165, 1.54) is 18.4 Å². The molecule has 1 aromatic rings. The summed E-state index contributed by atoms with van der Waals surface area (Å²) in [6, 6.07) is 2.12. The normalized spacial score (nSPS) is 19.2. The second kappa shape index (κ2) is 2.82. The van der Waals surface area contributed by atoms with Gasteiger partial charge in [-0.05, 0) is 40.4 Å². The average molecular weight is 227 g/mol. The lowest BCUT2D eigenvalue weighted by Gasteiger charge is -2.11. The third-order valence-corrected chi connectivity index (χ3v) is 3.00. The van der Waals surface area contributed by atoms with Gasteiger partial charge in [-0.25, -0.2) is 0 Å². The maximum atomic E-state index is 5.71. The Hall–Kier alpha value is -0.410. The molecule has 3 heteroatoms.